The van der Waals surface area contributed by atoms with Crippen LogP contribution in [-0.2, 0) is 24.5 Å². The molecule has 1 atom stereocenters. The Morgan fingerprint density at radius 3 is 2.43 bits per heavy atom. The Hall–Kier alpha value is -3.87. The Bertz CT molecular complexity index is 1130. The number of hydrogen-bond donors (Lipinski definition) is 2. The van der Waals surface area contributed by atoms with Gasteiger partial charge in [0.15, 0.2) is 5.78 Å². The maximum atomic E-state index is 13.6. The van der Waals surface area contributed by atoms with Crippen LogP contribution in [0.15, 0.2) is 77.4 Å². The molecule has 3 N–H and O–H groups in total. The van der Waals surface area contributed by atoms with E-state index in [2.05, 4.69) is 5.32 Å². The maximum absolute atomic E-state index is 13.6. The smallest absolute Gasteiger partial charge is 0.341 e. The second kappa shape index (κ2) is 7.18. The van der Waals surface area contributed by atoms with Crippen molar-refractivity contribution in [3.8, 4) is 0 Å². The summed E-state index contributed by atoms with van der Waals surface area (Å²) in [5.74, 6) is -1.91. The molecule has 0 unspecified atom stereocenters. The molecule has 2 aliphatic rings. The lowest BCUT2D eigenvalue weighted by molar-refractivity contribution is -0.140. The molecule has 0 bridgehead atoms. The van der Waals surface area contributed by atoms with Crippen LogP contribution in [0, 0.1) is 0 Å². The summed E-state index contributed by atoms with van der Waals surface area (Å²) in [5.41, 5.74) is 5.46. The number of rotatable bonds is 4. The van der Waals surface area contributed by atoms with E-state index in [1.165, 1.54) is 0 Å². The summed E-state index contributed by atoms with van der Waals surface area (Å²) in [7, 11) is 0. The van der Waals surface area contributed by atoms with E-state index in [1.807, 2.05) is 0 Å². The number of anilines is 1. The number of hydrogen-bond acceptors (Lipinski definition) is 6. The van der Waals surface area contributed by atoms with E-state index in [9.17, 15) is 14.4 Å². The predicted octanol–water partition coefficient (Wildman–Crippen LogP) is 2.80. The van der Waals surface area contributed by atoms with Crippen LogP contribution in [0.3, 0.4) is 0 Å². The van der Waals surface area contributed by atoms with E-state index in [-0.39, 0.29) is 29.4 Å². The number of benzene rings is 2. The summed E-state index contributed by atoms with van der Waals surface area (Å²) in [4.78, 5) is 40.1. The van der Waals surface area contributed by atoms with Crippen molar-refractivity contribution in [1.82, 2.24) is 0 Å². The third kappa shape index (κ3) is 2.62. The van der Waals surface area contributed by atoms with E-state index in [1.54, 1.807) is 68.4 Å². The van der Waals surface area contributed by atoms with Crippen molar-refractivity contribution in [3.63, 3.8) is 0 Å². The van der Waals surface area contributed by atoms with Gasteiger partial charge in [-0.2, -0.15) is 0 Å². The monoisotopic (exact) mass is 404 g/mol. The van der Waals surface area contributed by atoms with Crippen LogP contribution in [0.4, 0.5) is 5.69 Å². The van der Waals surface area contributed by atoms with E-state index < -0.39 is 23.1 Å². The Balaban J connectivity index is 2.05. The molecule has 0 radical (unpaired) electrons. The van der Waals surface area contributed by atoms with E-state index in [4.69, 9.17) is 15.2 Å². The quantitative estimate of drug-likeness (QED) is 0.599. The largest absolute Gasteiger partial charge is 0.462 e. The minimum Gasteiger partial charge on any atom is -0.462 e. The number of ketones is 1. The van der Waals surface area contributed by atoms with Gasteiger partial charge in [-0.3, -0.25) is 9.59 Å². The third-order valence-electron chi connectivity index (χ3n) is 5.27. The zero-order valence-electron chi connectivity index (χ0n) is 16.5. The minimum absolute atomic E-state index is 0.0356. The number of fused-ring (bicyclic) bond motifs is 2. The molecule has 2 aromatic rings. The van der Waals surface area contributed by atoms with Gasteiger partial charge in [0, 0.05) is 16.8 Å². The van der Waals surface area contributed by atoms with Gasteiger partial charge in [0.05, 0.1) is 12.2 Å². The van der Waals surface area contributed by atoms with Gasteiger partial charge in [0.2, 0.25) is 11.8 Å². The van der Waals surface area contributed by atoms with Crippen molar-refractivity contribution in [2.75, 3.05) is 11.9 Å². The predicted molar refractivity (Wildman–Crippen MR) is 109 cm³/mol. The summed E-state index contributed by atoms with van der Waals surface area (Å²) in [6.45, 7) is 3.27. The highest BCUT2D eigenvalue weighted by atomic mass is 16.5. The minimum atomic E-state index is -1.78. The summed E-state index contributed by atoms with van der Waals surface area (Å²) in [5, 5.41) is 2.78. The second-order valence-corrected chi connectivity index (χ2v) is 6.94. The number of carbonyl (C=O) groups is 3. The van der Waals surface area contributed by atoms with Crippen LogP contribution in [0.25, 0.3) is 0 Å². The molecule has 1 amide bonds. The van der Waals surface area contributed by atoms with Crippen molar-refractivity contribution in [1.29, 1.82) is 0 Å². The first-order valence-electron chi connectivity index (χ1n) is 9.50. The fourth-order valence-electron chi connectivity index (χ4n) is 4.12. The van der Waals surface area contributed by atoms with E-state index in [0.29, 0.717) is 16.8 Å². The number of Topliss-reactive ketones (excluding diaryl/α,β-unsaturated/α-hetero) is 1. The Labute approximate surface area is 173 Å². The molecule has 2 heterocycles. The number of nitrogens with two attached hydrogens (primary N) is 1. The standard InChI is InChI=1S/C23H20N2O5/c1-3-29-21(27)18-20(24)30-13(2)17(19(26)14-9-5-4-6-10-14)23(18)15-11-7-8-12-16(15)25-22(23)28/h4-12H,3,24H2,1-2H3,(H,25,28)/t23-/m1/s1. The van der Waals surface area contributed by atoms with Gasteiger partial charge in [-0.25, -0.2) is 4.79 Å². The number of carbonyl (C=O) groups excluding carboxylic acids is 3. The molecule has 0 aliphatic carbocycles. The first-order valence-corrected chi connectivity index (χ1v) is 9.50. The Morgan fingerprint density at radius 2 is 1.73 bits per heavy atom. The molecule has 152 valence electrons. The van der Waals surface area contributed by atoms with Gasteiger partial charge in [0.25, 0.3) is 0 Å². The molecular formula is C23H20N2O5. The van der Waals surface area contributed by atoms with Gasteiger partial charge >= 0.3 is 5.97 Å². The van der Waals surface area contributed by atoms with Crippen LogP contribution in [-0.4, -0.2) is 24.3 Å². The molecule has 7 heteroatoms. The fraction of sp³-hybridized carbons (Fsp3) is 0.174. The average Bonchev–Trinajstić information content (AvgIpc) is 3.00. The average molecular weight is 404 g/mol. The summed E-state index contributed by atoms with van der Waals surface area (Å²) in [6.07, 6.45) is 0. The SMILES string of the molecule is CCOC(=O)C1=C(N)OC(C)=C(C(=O)c2ccccc2)[C@@]12C(=O)Nc1ccccc12. The number of amides is 1. The number of nitrogens with one attached hydrogen (secondary N) is 1. The lowest BCUT2D eigenvalue weighted by atomic mass is 9.66. The summed E-state index contributed by atoms with van der Waals surface area (Å²) in [6, 6.07) is 15.4. The number of ether oxygens (including phenoxy) is 2. The summed E-state index contributed by atoms with van der Waals surface area (Å²) >= 11 is 0. The molecule has 30 heavy (non-hydrogen) atoms. The lowest BCUT2D eigenvalue weighted by Crippen LogP contribution is -2.48. The molecule has 0 saturated carbocycles. The highest BCUT2D eigenvalue weighted by Crippen LogP contribution is 2.52. The molecule has 0 aromatic heterocycles. The summed E-state index contributed by atoms with van der Waals surface area (Å²) < 4.78 is 10.8. The lowest BCUT2D eigenvalue weighted by Gasteiger charge is -2.36. The normalized spacial score (nSPS) is 20.0. The molecule has 4 rings (SSSR count). The molecule has 0 saturated heterocycles. The van der Waals surface area contributed by atoms with Crippen molar-refractivity contribution < 1.29 is 23.9 Å². The number of para-hydroxylation sites is 1. The van der Waals surface area contributed by atoms with Crippen LogP contribution >= 0.6 is 0 Å². The number of esters is 1. The molecular weight excluding hydrogens is 384 g/mol. The van der Waals surface area contributed by atoms with Crippen molar-refractivity contribution in [3.05, 3.63) is 88.5 Å². The molecule has 0 fully saturated rings. The second-order valence-electron chi connectivity index (χ2n) is 6.94. The highest BCUT2D eigenvalue weighted by Gasteiger charge is 2.61. The first-order chi connectivity index (χ1) is 14.4. The highest BCUT2D eigenvalue weighted by molar-refractivity contribution is 6.25. The Morgan fingerprint density at radius 1 is 1.07 bits per heavy atom. The van der Waals surface area contributed by atoms with Crippen LogP contribution in [0.2, 0.25) is 0 Å². The van der Waals surface area contributed by atoms with Gasteiger partial charge in [0.1, 0.15) is 16.7 Å². The van der Waals surface area contributed by atoms with Gasteiger partial charge in [-0.1, -0.05) is 48.5 Å². The molecule has 2 aliphatic heterocycles. The molecule has 1 spiro atoms. The van der Waals surface area contributed by atoms with Crippen LogP contribution < -0.4 is 11.1 Å². The maximum Gasteiger partial charge on any atom is 0.341 e. The van der Waals surface area contributed by atoms with E-state index in [0.717, 1.165) is 0 Å². The van der Waals surface area contributed by atoms with Gasteiger partial charge in [-0.15, -0.1) is 0 Å². The number of allylic oxidation sites excluding steroid dienone is 1. The molecule has 7 nitrogen and oxygen atoms in total. The van der Waals surface area contributed by atoms with Crippen molar-refractivity contribution in [2.45, 2.75) is 19.3 Å². The van der Waals surface area contributed by atoms with Gasteiger partial charge < -0.3 is 20.5 Å². The topological polar surface area (TPSA) is 108 Å². The molecule has 2 aromatic carbocycles. The zero-order chi connectivity index (χ0) is 21.5. The van der Waals surface area contributed by atoms with Gasteiger partial charge in [-0.05, 0) is 19.9 Å². The fourth-order valence-corrected chi connectivity index (χ4v) is 4.12. The van der Waals surface area contributed by atoms with Crippen molar-refractivity contribution >= 4 is 23.3 Å². The third-order valence-corrected chi connectivity index (χ3v) is 5.27. The zero-order valence-corrected chi connectivity index (χ0v) is 16.5. The Kier molecular flexibility index (Phi) is 4.66. The van der Waals surface area contributed by atoms with E-state index >= 15 is 0 Å². The van der Waals surface area contributed by atoms with Crippen LogP contribution in [0.1, 0.15) is 29.8 Å². The van der Waals surface area contributed by atoms with Crippen molar-refractivity contribution in [2.24, 2.45) is 5.73 Å². The first kappa shape index (κ1) is 19.4. The van der Waals surface area contributed by atoms with Crippen LogP contribution in [0.5, 0.6) is 0 Å².